The van der Waals surface area contributed by atoms with E-state index >= 15 is 0 Å². The van der Waals surface area contributed by atoms with Crippen molar-refractivity contribution >= 4 is 23.4 Å². The molecule has 0 spiro atoms. The van der Waals surface area contributed by atoms with E-state index in [9.17, 15) is 9.59 Å². The van der Waals surface area contributed by atoms with Crippen LogP contribution in [0.5, 0.6) is 0 Å². The summed E-state index contributed by atoms with van der Waals surface area (Å²) >= 11 is 5.68. The van der Waals surface area contributed by atoms with Crippen molar-refractivity contribution in [2.24, 2.45) is 11.7 Å². The van der Waals surface area contributed by atoms with E-state index in [4.69, 9.17) is 17.3 Å². The van der Waals surface area contributed by atoms with Crippen LogP contribution >= 0.6 is 11.6 Å². The molecule has 0 unspecified atom stereocenters. The Kier molecular flexibility index (Phi) is 3.75. The predicted molar refractivity (Wildman–Crippen MR) is 53.8 cm³/mol. The normalized spacial score (nSPS) is 24.4. The molecule has 4 nitrogen and oxygen atoms in total. The van der Waals surface area contributed by atoms with Crippen molar-refractivity contribution in [1.29, 1.82) is 0 Å². The first kappa shape index (κ1) is 11.3. The Morgan fingerprint density at radius 3 is 2.71 bits per heavy atom. The largest absolute Gasteiger partial charge is 0.369 e. The number of amides is 2. The second-order valence-corrected chi connectivity index (χ2v) is 4.30. The van der Waals surface area contributed by atoms with Crippen LogP contribution in [-0.2, 0) is 9.59 Å². The summed E-state index contributed by atoms with van der Waals surface area (Å²) in [4.78, 5) is 24.1. The Morgan fingerprint density at radius 1 is 1.57 bits per heavy atom. The molecule has 0 saturated carbocycles. The maximum Gasteiger partial charge on any atom is 0.240 e. The van der Waals surface area contributed by atoms with Gasteiger partial charge in [0.25, 0.3) is 0 Å². The van der Waals surface area contributed by atoms with Gasteiger partial charge in [-0.1, -0.05) is 0 Å². The third kappa shape index (κ3) is 2.61. The van der Waals surface area contributed by atoms with Crippen LogP contribution in [0.15, 0.2) is 0 Å². The summed E-state index contributed by atoms with van der Waals surface area (Å²) in [6, 6.07) is 0. The van der Waals surface area contributed by atoms with E-state index in [2.05, 4.69) is 0 Å². The highest BCUT2D eigenvalue weighted by atomic mass is 35.5. The third-order valence-corrected chi connectivity index (χ3v) is 2.66. The maximum absolute atomic E-state index is 11.5. The van der Waals surface area contributed by atoms with E-state index in [1.807, 2.05) is 0 Å². The fraction of sp³-hybridized carbons (Fsp3) is 0.778. The quantitative estimate of drug-likeness (QED) is 0.680. The predicted octanol–water partition coefficient (Wildman–Crippen LogP) is 0.338. The molecule has 80 valence electrons. The lowest BCUT2D eigenvalue weighted by Gasteiger charge is -2.31. The molecule has 1 fully saturated rings. The molecule has 1 aliphatic rings. The van der Waals surface area contributed by atoms with E-state index in [0.29, 0.717) is 13.1 Å². The Morgan fingerprint density at radius 2 is 2.21 bits per heavy atom. The van der Waals surface area contributed by atoms with Crippen molar-refractivity contribution in [1.82, 2.24) is 4.90 Å². The Hall–Kier alpha value is -0.770. The van der Waals surface area contributed by atoms with Crippen molar-refractivity contribution in [2.45, 2.75) is 25.1 Å². The van der Waals surface area contributed by atoms with Gasteiger partial charge in [-0.25, -0.2) is 0 Å². The van der Waals surface area contributed by atoms with Crippen LogP contribution in [-0.4, -0.2) is 35.2 Å². The van der Waals surface area contributed by atoms with Gasteiger partial charge < -0.3 is 10.6 Å². The highest BCUT2D eigenvalue weighted by Crippen LogP contribution is 2.17. The molecule has 1 heterocycles. The number of piperidine rings is 1. The highest BCUT2D eigenvalue weighted by molar-refractivity contribution is 6.30. The number of halogens is 1. The number of likely N-dealkylation sites (tertiary alicyclic amines) is 1. The van der Waals surface area contributed by atoms with Crippen LogP contribution in [0.4, 0.5) is 0 Å². The number of hydrogen-bond donors (Lipinski definition) is 1. The lowest BCUT2D eigenvalue weighted by molar-refractivity contribution is -0.134. The monoisotopic (exact) mass is 218 g/mol. The minimum atomic E-state index is -0.526. The van der Waals surface area contributed by atoms with E-state index in [-0.39, 0.29) is 17.7 Å². The standard InChI is InChI=1S/C9H15ClN2O2/c1-6(10)9(14)12-4-2-3-7(5-12)8(11)13/h6-7H,2-5H2,1H3,(H2,11,13)/t6-,7-/m0/s1. The fourth-order valence-corrected chi connectivity index (χ4v) is 1.80. The molecular weight excluding hydrogens is 204 g/mol. The molecule has 0 aromatic carbocycles. The molecule has 1 aliphatic heterocycles. The average Bonchev–Trinajstić information content (AvgIpc) is 2.16. The van der Waals surface area contributed by atoms with Crippen molar-refractivity contribution < 1.29 is 9.59 Å². The Balaban J connectivity index is 2.56. The average molecular weight is 219 g/mol. The first-order valence-corrected chi connectivity index (χ1v) is 5.18. The molecule has 0 aromatic rings. The molecule has 0 aromatic heterocycles. The molecule has 0 radical (unpaired) electrons. The lowest BCUT2D eigenvalue weighted by Crippen LogP contribution is -2.46. The number of rotatable bonds is 2. The number of carbonyl (C=O) groups is 2. The molecular formula is C9H15ClN2O2. The number of hydrogen-bond acceptors (Lipinski definition) is 2. The topological polar surface area (TPSA) is 63.4 Å². The minimum absolute atomic E-state index is 0.113. The van der Waals surface area contributed by atoms with Crippen LogP contribution in [0.1, 0.15) is 19.8 Å². The van der Waals surface area contributed by atoms with Gasteiger partial charge in [0.2, 0.25) is 11.8 Å². The van der Waals surface area contributed by atoms with Crippen LogP contribution in [0, 0.1) is 5.92 Å². The Bertz CT molecular complexity index is 243. The minimum Gasteiger partial charge on any atom is -0.369 e. The summed E-state index contributed by atoms with van der Waals surface area (Å²) in [6.07, 6.45) is 1.60. The van der Waals surface area contributed by atoms with Gasteiger partial charge in [0.05, 0.1) is 5.92 Å². The van der Waals surface area contributed by atoms with Crippen LogP contribution in [0.3, 0.4) is 0 Å². The smallest absolute Gasteiger partial charge is 0.240 e. The van der Waals surface area contributed by atoms with Crippen LogP contribution in [0.2, 0.25) is 0 Å². The van der Waals surface area contributed by atoms with Crippen molar-refractivity contribution in [3.8, 4) is 0 Å². The molecule has 5 heteroatoms. The lowest BCUT2D eigenvalue weighted by atomic mass is 9.97. The summed E-state index contributed by atoms with van der Waals surface area (Å²) < 4.78 is 0. The van der Waals surface area contributed by atoms with E-state index < -0.39 is 5.38 Å². The molecule has 2 N–H and O–H groups in total. The van der Waals surface area contributed by atoms with Gasteiger partial charge in [-0.3, -0.25) is 9.59 Å². The summed E-state index contributed by atoms with van der Waals surface area (Å²) in [6.45, 7) is 2.74. The molecule has 0 aliphatic carbocycles. The molecule has 0 bridgehead atoms. The van der Waals surface area contributed by atoms with Gasteiger partial charge >= 0.3 is 0 Å². The zero-order valence-corrected chi connectivity index (χ0v) is 8.96. The summed E-state index contributed by atoms with van der Waals surface area (Å²) in [7, 11) is 0. The molecule has 1 saturated heterocycles. The maximum atomic E-state index is 11.5. The SMILES string of the molecule is C[C@H](Cl)C(=O)N1CCC[C@H](C(N)=O)C1. The molecule has 1 rings (SSSR count). The fourth-order valence-electron chi connectivity index (χ4n) is 1.66. The van der Waals surface area contributed by atoms with Gasteiger partial charge in [0.1, 0.15) is 5.38 Å². The van der Waals surface area contributed by atoms with Crippen LogP contribution in [0.25, 0.3) is 0 Å². The van der Waals surface area contributed by atoms with Gasteiger partial charge in [0.15, 0.2) is 0 Å². The third-order valence-electron chi connectivity index (χ3n) is 2.48. The zero-order valence-electron chi connectivity index (χ0n) is 8.20. The number of alkyl halides is 1. The molecule has 2 atom stereocenters. The second kappa shape index (κ2) is 4.64. The van der Waals surface area contributed by atoms with Gasteiger partial charge in [-0.2, -0.15) is 0 Å². The highest BCUT2D eigenvalue weighted by Gasteiger charge is 2.28. The Labute approximate surface area is 88.4 Å². The van der Waals surface area contributed by atoms with Crippen LogP contribution < -0.4 is 5.73 Å². The summed E-state index contributed by atoms with van der Waals surface area (Å²) in [5, 5.41) is -0.526. The number of carbonyl (C=O) groups excluding carboxylic acids is 2. The van der Waals surface area contributed by atoms with Crippen molar-refractivity contribution in [2.75, 3.05) is 13.1 Å². The van der Waals surface area contributed by atoms with Crippen molar-refractivity contribution in [3.63, 3.8) is 0 Å². The first-order valence-electron chi connectivity index (χ1n) is 4.74. The van der Waals surface area contributed by atoms with E-state index in [0.717, 1.165) is 12.8 Å². The van der Waals surface area contributed by atoms with Gasteiger partial charge in [-0.15, -0.1) is 11.6 Å². The number of primary amides is 1. The van der Waals surface area contributed by atoms with Gasteiger partial charge in [0, 0.05) is 13.1 Å². The zero-order chi connectivity index (χ0) is 10.7. The number of nitrogens with two attached hydrogens (primary N) is 1. The molecule has 2 amide bonds. The van der Waals surface area contributed by atoms with E-state index in [1.165, 1.54) is 0 Å². The summed E-state index contributed by atoms with van der Waals surface area (Å²) in [5.41, 5.74) is 5.20. The second-order valence-electron chi connectivity index (χ2n) is 3.64. The summed E-state index contributed by atoms with van der Waals surface area (Å²) in [5.74, 6) is -0.648. The molecule has 14 heavy (non-hydrogen) atoms. The van der Waals surface area contributed by atoms with Gasteiger partial charge in [-0.05, 0) is 19.8 Å². The first-order chi connectivity index (χ1) is 6.52. The number of nitrogens with zero attached hydrogens (tertiary/aromatic N) is 1. The van der Waals surface area contributed by atoms with Crippen molar-refractivity contribution in [3.05, 3.63) is 0 Å². The van der Waals surface area contributed by atoms with E-state index in [1.54, 1.807) is 11.8 Å².